The number of rotatable bonds is 5. The Hall–Kier alpha value is -1.23. The summed E-state index contributed by atoms with van der Waals surface area (Å²) < 4.78 is 5.28. The van der Waals surface area contributed by atoms with Crippen molar-refractivity contribution in [3.05, 3.63) is 28.4 Å². The van der Waals surface area contributed by atoms with Gasteiger partial charge in [0.15, 0.2) is 6.39 Å². The van der Waals surface area contributed by atoms with Gasteiger partial charge in [0.1, 0.15) is 15.8 Å². The second kappa shape index (κ2) is 5.40. The number of aromatic nitrogens is 3. The molecule has 4 nitrogen and oxygen atoms in total. The molecule has 2 heterocycles. The van der Waals surface area contributed by atoms with Crippen LogP contribution in [0.25, 0.3) is 0 Å². The summed E-state index contributed by atoms with van der Waals surface area (Å²) in [5.74, 6) is 1.79. The van der Waals surface area contributed by atoms with Crippen LogP contribution in [0.4, 0.5) is 0 Å². The predicted molar refractivity (Wildman–Crippen MR) is 67.2 cm³/mol. The fourth-order valence-corrected chi connectivity index (χ4v) is 2.41. The fourth-order valence-electron chi connectivity index (χ4n) is 1.55. The summed E-state index contributed by atoms with van der Waals surface area (Å²) in [6, 6.07) is 0. The van der Waals surface area contributed by atoms with Gasteiger partial charge in [0.05, 0.1) is 6.20 Å². The second-order valence-electron chi connectivity index (χ2n) is 4.53. The van der Waals surface area contributed by atoms with E-state index in [1.807, 2.05) is 0 Å². The number of oxazole rings is 1. The molecule has 0 aliphatic heterocycles. The van der Waals surface area contributed by atoms with Crippen LogP contribution in [0.2, 0.25) is 0 Å². The number of hydrogen-bond donors (Lipinski definition) is 0. The van der Waals surface area contributed by atoms with Crippen LogP contribution in [0.3, 0.4) is 0 Å². The van der Waals surface area contributed by atoms with Crippen LogP contribution in [-0.2, 0) is 6.42 Å². The molecular weight excluding hydrogens is 234 g/mol. The lowest BCUT2D eigenvalue weighted by atomic mass is 10.0. The van der Waals surface area contributed by atoms with Crippen molar-refractivity contribution in [1.29, 1.82) is 0 Å². The van der Waals surface area contributed by atoms with Crippen LogP contribution >= 0.6 is 11.3 Å². The third-order valence-corrected chi connectivity index (χ3v) is 3.99. The molecule has 2 aromatic heterocycles. The molecule has 0 aliphatic carbocycles. The van der Waals surface area contributed by atoms with Crippen molar-refractivity contribution in [2.24, 2.45) is 0 Å². The summed E-state index contributed by atoms with van der Waals surface area (Å²) in [5.41, 5.74) is 0. The molecule has 92 valence electrons. The van der Waals surface area contributed by atoms with Crippen molar-refractivity contribution in [2.75, 3.05) is 0 Å². The van der Waals surface area contributed by atoms with Crippen LogP contribution in [0.1, 0.15) is 54.8 Å². The van der Waals surface area contributed by atoms with Gasteiger partial charge in [-0.1, -0.05) is 20.8 Å². The van der Waals surface area contributed by atoms with Crippen molar-refractivity contribution in [3.8, 4) is 0 Å². The van der Waals surface area contributed by atoms with Crippen molar-refractivity contribution in [1.82, 2.24) is 15.2 Å². The van der Waals surface area contributed by atoms with Crippen LogP contribution in [0.15, 0.2) is 17.0 Å². The van der Waals surface area contributed by atoms with Crippen LogP contribution in [-0.4, -0.2) is 15.2 Å². The monoisotopic (exact) mass is 251 g/mol. The van der Waals surface area contributed by atoms with E-state index in [1.165, 1.54) is 6.39 Å². The number of hydrogen-bond acceptors (Lipinski definition) is 5. The molecule has 0 saturated carbocycles. The highest BCUT2D eigenvalue weighted by molar-refractivity contribution is 7.11. The van der Waals surface area contributed by atoms with E-state index in [2.05, 4.69) is 36.0 Å². The molecule has 1 unspecified atom stereocenters. The molecule has 0 radical (unpaired) electrons. The summed E-state index contributed by atoms with van der Waals surface area (Å²) >= 11 is 1.71. The topological polar surface area (TPSA) is 51.8 Å². The number of aryl methyl sites for hydroxylation is 1. The summed E-state index contributed by atoms with van der Waals surface area (Å²) in [6.45, 7) is 6.42. The lowest BCUT2D eigenvalue weighted by molar-refractivity contribution is 0.458. The standard InChI is InChI=1S/C12H17N3OS/c1-8(2)12-15-14-11(17-12)5-4-9(3)10-6-13-7-16-10/h6-9H,4-5H2,1-3H3. The minimum absolute atomic E-state index is 0.379. The van der Waals surface area contributed by atoms with Crippen molar-refractivity contribution in [2.45, 2.75) is 45.4 Å². The molecule has 0 N–H and O–H groups in total. The first-order chi connectivity index (χ1) is 8.16. The Morgan fingerprint density at radius 3 is 2.71 bits per heavy atom. The summed E-state index contributed by atoms with van der Waals surface area (Å²) in [5, 5.41) is 10.6. The lowest BCUT2D eigenvalue weighted by Gasteiger charge is -2.04. The SMILES string of the molecule is CC(C)c1nnc(CCC(C)c2cnco2)s1. The van der Waals surface area contributed by atoms with Gasteiger partial charge < -0.3 is 4.42 Å². The van der Waals surface area contributed by atoms with Gasteiger partial charge in [-0.25, -0.2) is 4.98 Å². The first kappa shape index (κ1) is 12.2. The van der Waals surface area contributed by atoms with E-state index in [0.29, 0.717) is 11.8 Å². The van der Waals surface area contributed by atoms with Gasteiger partial charge in [0.25, 0.3) is 0 Å². The van der Waals surface area contributed by atoms with E-state index in [4.69, 9.17) is 4.42 Å². The third kappa shape index (κ3) is 3.12. The average molecular weight is 251 g/mol. The fraction of sp³-hybridized carbons (Fsp3) is 0.583. The van der Waals surface area contributed by atoms with E-state index in [-0.39, 0.29) is 0 Å². The van der Waals surface area contributed by atoms with Crippen LogP contribution in [0, 0.1) is 0 Å². The molecule has 0 amide bonds. The molecule has 0 bridgehead atoms. The quantitative estimate of drug-likeness (QED) is 0.817. The predicted octanol–water partition coefficient (Wildman–Crippen LogP) is 3.39. The minimum atomic E-state index is 0.379. The highest BCUT2D eigenvalue weighted by atomic mass is 32.1. The molecule has 2 rings (SSSR count). The van der Waals surface area contributed by atoms with Crippen molar-refractivity contribution < 1.29 is 4.42 Å². The van der Waals surface area contributed by atoms with Crippen LogP contribution < -0.4 is 0 Å². The molecule has 0 aliphatic rings. The molecule has 2 aromatic rings. The largest absolute Gasteiger partial charge is 0.448 e. The molecule has 0 saturated heterocycles. The zero-order chi connectivity index (χ0) is 12.3. The van der Waals surface area contributed by atoms with E-state index < -0.39 is 0 Å². The molecule has 1 atom stereocenters. The average Bonchev–Trinajstić information content (AvgIpc) is 2.97. The Morgan fingerprint density at radius 1 is 1.29 bits per heavy atom. The summed E-state index contributed by atoms with van der Waals surface area (Å²) in [7, 11) is 0. The smallest absolute Gasteiger partial charge is 0.180 e. The van der Waals surface area contributed by atoms with Gasteiger partial charge in [-0.2, -0.15) is 0 Å². The molecule has 17 heavy (non-hydrogen) atoms. The van der Waals surface area contributed by atoms with E-state index >= 15 is 0 Å². The second-order valence-corrected chi connectivity index (χ2v) is 5.63. The van der Waals surface area contributed by atoms with Crippen molar-refractivity contribution in [3.63, 3.8) is 0 Å². The molecule has 0 spiro atoms. The Bertz CT molecular complexity index is 450. The lowest BCUT2D eigenvalue weighted by Crippen LogP contribution is -1.94. The molecular formula is C12H17N3OS. The van der Waals surface area contributed by atoms with Gasteiger partial charge in [0.2, 0.25) is 0 Å². The van der Waals surface area contributed by atoms with E-state index in [1.54, 1.807) is 17.5 Å². The zero-order valence-electron chi connectivity index (χ0n) is 10.4. The molecule has 5 heteroatoms. The van der Waals surface area contributed by atoms with Gasteiger partial charge in [0, 0.05) is 18.3 Å². The maximum Gasteiger partial charge on any atom is 0.180 e. The Morgan fingerprint density at radius 2 is 2.12 bits per heavy atom. The Labute approximate surface area is 105 Å². The summed E-state index contributed by atoms with van der Waals surface area (Å²) in [6.07, 6.45) is 5.23. The molecule has 0 fully saturated rings. The van der Waals surface area contributed by atoms with Gasteiger partial charge >= 0.3 is 0 Å². The molecule has 0 aromatic carbocycles. The number of nitrogens with zero attached hydrogens (tertiary/aromatic N) is 3. The Balaban J connectivity index is 1.89. The maximum absolute atomic E-state index is 5.28. The highest BCUT2D eigenvalue weighted by Gasteiger charge is 2.12. The van der Waals surface area contributed by atoms with Gasteiger partial charge in [-0.15, -0.1) is 21.5 Å². The first-order valence-electron chi connectivity index (χ1n) is 5.87. The van der Waals surface area contributed by atoms with Gasteiger partial charge in [-0.3, -0.25) is 0 Å². The van der Waals surface area contributed by atoms with Crippen molar-refractivity contribution >= 4 is 11.3 Å². The van der Waals surface area contributed by atoms with E-state index in [0.717, 1.165) is 28.6 Å². The summed E-state index contributed by atoms with van der Waals surface area (Å²) in [4.78, 5) is 3.93. The van der Waals surface area contributed by atoms with Gasteiger partial charge in [-0.05, 0) is 6.42 Å². The minimum Gasteiger partial charge on any atom is -0.448 e. The zero-order valence-corrected chi connectivity index (χ0v) is 11.2. The maximum atomic E-state index is 5.28. The van der Waals surface area contributed by atoms with Crippen LogP contribution in [0.5, 0.6) is 0 Å². The normalized spacial score (nSPS) is 13.2. The highest BCUT2D eigenvalue weighted by Crippen LogP contribution is 2.24. The van der Waals surface area contributed by atoms with E-state index in [9.17, 15) is 0 Å². The first-order valence-corrected chi connectivity index (χ1v) is 6.69. The third-order valence-electron chi connectivity index (χ3n) is 2.70. The Kier molecular flexibility index (Phi) is 3.89.